The maximum Gasteiger partial charge on any atom is 0.343 e. The molecule has 37 heavy (non-hydrogen) atoms. The topological polar surface area (TPSA) is 107 Å². The molecule has 2 saturated carbocycles. The highest BCUT2D eigenvalue weighted by atomic mass is 16.5. The molecule has 0 bridgehead atoms. The Labute approximate surface area is 218 Å². The Bertz CT molecular complexity index is 1190. The fraction of sp³-hybridized carbons (Fsp3) is 0.467. The lowest BCUT2D eigenvalue weighted by Gasteiger charge is -2.59. The second kappa shape index (κ2) is 9.95. The number of rotatable bonds is 6. The average Bonchev–Trinajstić information content (AvgIpc) is 3.21. The van der Waals surface area contributed by atoms with Crippen LogP contribution in [0.1, 0.15) is 45.1 Å². The predicted octanol–water partition coefficient (Wildman–Crippen LogP) is 4.33. The van der Waals surface area contributed by atoms with Crippen molar-refractivity contribution < 1.29 is 29.6 Å². The number of aliphatic hydroxyl groups is 2. The molecular formula is C30H37NO6. The molecule has 1 heterocycles. The zero-order chi connectivity index (χ0) is 27.1. The Morgan fingerprint density at radius 1 is 1.22 bits per heavy atom. The molecule has 0 aromatic heterocycles. The van der Waals surface area contributed by atoms with Crippen LogP contribution in [0.2, 0.25) is 0 Å². The van der Waals surface area contributed by atoms with Crippen LogP contribution in [0.25, 0.3) is 5.57 Å². The number of hydrogen-bond donors (Lipinski definition) is 3. The molecule has 0 radical (unpaired) electrons. The van der Waals surface area contributed by atoms with Crippen molar-refractivity contribution in [2.45, 2.75) is 45.6 Å². The Kier molecular flexibility index (Phi) is 7.23. The van der Waals surface area contributed by atoms with Crippen molar-refractivity contribution in [3.05, 3.63) is 71.5 Å². The zero-order valence-electron chi connectivity index (χ0n) is 22.0. The molecule has 1 aromatic carbocycles. The van der Waals surface area contributed by atoms with Gasteiger partial charge in [0.2, 0.25) is 0 Å². The summed E-state index contributed by atoms with van der Waals surface area (Å²) in [5.74, 6) is -1.73. The molecule has 3 N–H and O–H groups in total. The number of aliphatic hydroxyl groups excluding tert-OH is 2. The van der Waals surface area contributed by atoms with Gasteiger partial charge in [0, 0.05) is 31.1 Å². The molecule has 0 amide bonds. The van der Waals surface area contributed by atoms with Crippen molar-refractivity contribution >= 4 is 23.2 Å². The van der Waals surface area contributed by atoms with Gasteiger partial charge in [0.05, 0.1) is 18.3 Å². The highest BCUT2D eigenvalue weighted by molar-refractivity contribution is 6.18. The van der Waals surface area contributed by atoms with Gasteiger partial charge in [-0.05, 0) is 60.8 Å². The number of benzene rings is 1. The van der Waals surface area contributed by atoms with E-state index in [1.807, 2.05) is 44.1 Å². The van der Waals surface area contributed by atoms with Gasteiger partial charge in [0.1, 0.15) is 11.3 Å². The first-order valence-electron chi connectivity index (χ1n) is 12.8. The van der Waals surface area contributed by atoms with E-state index in [-0.39, 0.29) is 40.8 Å². The van der Waals surface area contributed by atoms with Crippen LogP contribution in [0.5, 0.6) is 0 Å². The van der Waals surface area contributed by atoms with Crippen LogP contribution in [0, 0.1) is 22.7 Å². The lowest BCUT2D eigenvalue weighted by atomic mass is 9.46. The molecular weight excluding hydrogens is 470 g/mol. The van der Waals surface area contributed by atoms with E-state index < -0.39 is 23.5 Å². The minimum Gasteiger partial charge on any atom is -0.478 e. The molecule has 7 heteroatoms. The zero-order valence-corrected chi connectivity index (χ0v) is 22.0. The average molecular weight is 508 g/mol. The summed E-state index contributed by atoms with van der Waals surface area (Å²) in [5, 5.41) is 30.8. The maximum atomic E-state index is 12.7. The second-order valence-corrected chi connectivity index (χ2v) is 11.3. The third kappa shape index (κ3) is 4.66. The largest absolute Gasteiger partial charge is 0.478 e. The maximum absolute atomic E-state index is 12.7. The number of anilines is 1. The molecule has 1 aromatic rings. The summed E-state index contributed by atoms with van der Waals surface area (Å²) in [7, 11) is 3.80. The van der Waals surface area contributed by atoms with Crippen LogP contribution in [0.15, 0.2) is 66.0 Å². The van der Waals surface area contributed by atoms with Crippen molar-refractivity contribution in [3.8, 4) is 0 Å². The molecule has 0 saturated heterocycles. The van der Waals surface area contributed by atoms with Crippen LogP contribution in [-0.2, 0) is 14.3 Å². The van der Waals surface area contributed by atoms with Crippen molar-refractivity contribution in [2.75, 3.05) is 25.6 Å². The lowest BCUT2D eigenvalue weighted by molar-refractivity contribution is -0.145. The summed E-state index contributed by atoms with van der Waals surface area (Å²) in [5.41, 5.74) is 1.80. The number of carbonyl (C=O) groups is 2. The van der Waals surface area contributed by atoms with E-state index in [0.29, 0.717) is 12.0 Å². The Hall–Kier alpha value is -3.16. The highest BCUT2D eigenvalue weighted by Gasteiger charge is 2.57. The van der Waals surface area contributed by atoms with Crippen molar-refractivity contribution in [2.24, 2.45) is 22.7 Å². The number of fused-ring (bicyclic) bond motifs is 1. The van der Waals surface area contributed by atoms with Crippen molar-refractivity contribution in [1.29, 1.82) is 0 Å². The van der Waals surface area contributed by atoms with Gasteiger partial charge in [-0.15, -0.1) is 0 Å². The van der Waals surface area contributed by atoms with Gasteiger partial charge < -0.3 is 25.0 Å². The molecule has 4 rings (SSSR count). The number of allylic oxidation sites excluding steroid dienone is 3. The van der Waals surface area contributed by atoms with E-state index in [1.54, 1.807) is 18.2 Å². The first-order chi connectivity index (χ1) is 17.4. The molecule has 2 fully saturated rings. The number of carboxylic acid groups (broad SMARTS) is 1. The minimum absolute atomic E-state index is 0.00922. The molecule has 5 atom stereocenters. The summed E-state index contributed by atoms with van der Waals surface area (Å²) in [6.45, 7) is 8.37. The van der Waals surface area contributed by atoms with Gasteiger partial charge in [0.15, 0.2) is 0 Å². The van der Waals surface area contributed by atoms with E-state index in [0.717, 1.165) is 30.5 Å². The third-order valence-electron chi connectivity index (χ3n) is 8.88. The number of ether oxygens (including phenoxy) is 1. The van der Waals surface area contributed by atoms with Gasteiger partial charge in [-0.1, -0.05) is 50.3 Å². The molecule has 7 nitrogen and oxygen atoms in total. The summed E-state index contributed by atoms with van der Waals surface area (Å²) in [6.07, 6.45) is 7.58. The minimum atomic E-state index is -1.18. The third-order valence-corrected chi connectivity index (χ3v) is 8.88. The van der Waals surface area contributed by atoms with Crippen LogP contribution < -0.4 is 4.90 Å². The van der Waals surface area contributed by atoms with E-state index in [9.17, 15) is 24.9 Å². The second-order valence-electron chi connectivity index (χ2n) is 11.3. The fourth-order valence-electron chi connectivity index (χ4n) is 6.62. The summed E-state index contributed by atoms with van der Waals surface area (Å²) in [6, 6.07) is 7.02. The number of carboxylic acids is 1. The van der Waals surface area contributed by atoms with Crippen LogP contribution in [0.4, 0.5) is 5.69 Å². The summed E-state index contributed by atoms with van der Waals surface area (Å²) in [4.78, 5) is 26.8. The molecule has 2 aliphatic carbocycles. The van der Waals surface area contributed by atoms with Gasteiger partial charge in [-0.3, -0.25) is 0 Å². The number of esters is 1. The Morgan fingerprint density at radius 2 is 1.89 bits per heavy atom. The quantitative estimate of drug-likeness (QED) is 0.299. The molecule has 1 aliphatic heterocycles. The van der Waals surface area contributed by atoms with E-state index in [1.165, 1.54) is 6.08 Å². The smallest absolute Gasteiger partial charge is 0.343 e. The Balaban J connectivity index is 1.67. The number of carbonyl (C=O) groups excluding carboxylic acids is 1. The van der Waals surface area contributed by atoms with E-state index >= 15 is 0 Å². The van der Waals surface area contributed by atoms with Crippen LogP contribution in [-0.4, -0.2) is 54.1 Å². The van der Waals surface area contributed by atoms with Crippen LogP contribution in [0.3, 0.4) is 0 Å². The standard InChI is InChI=1S/C30H37NO6/c1-18-6-13-24-29(2,15-14-25(33)30(24,3)17-32)22(18)12-9-20-16-23(37-28(20)36)26(27(34)35)19-7-10-21(11-8-19)31(4)5/h7-12,16,22,24-25,32-33H,1,6,13-15,17H2,2-5H3,(H,34,35)/b12-9+,26-23-/t22?,24?,25-,29-,30+/m1/s1. The predicted molar refractivity (Wildman–Crippen MR) is 143 cm³/mol. The first kappa shape index (κ1) is 26.9. The highest BCUT2D eigenvalue weighted by Crippen LogP contribution is 2.61. The normalized spacial score (nSPS) is 33.1. The van der Waals surface area contributed by atoms with E-state index in [2.05, 4.69) is 13.5 Å². The molecule has 3 aliphatic rings. The fourth-order valence-corrected chi connectivity index (χ4v) is 6.62. The SMILES string of the molecule is C=C1CCC2[C@](C)(CC[C@@H](O)[C@@]2(C)CO)C1/C=C/C1=CC(=C(/C(=O)O)c2ccc(N(C)C)cc2)/OC1=O. The van der Waals surface area contributed by atoms with Gasteiger partial charge in [0.25, 0.3) is 0 Å². The van der Waals surface area contributed by atoms with Gasteiger partial charge in [-0.2, -0.15) is 0 Å². The summed E-state index contributed by atoms with van der Waals surface area (Å²) < 4.78 is 5.41. The Morgan fingerprint density at radius 3 is 2.49 bits per heavy atom. The number of hydrogen-bond acceptors (Lipinski definition) is 6. The molecule has 198 valence electrons. The lowest BCUT2D eigenvalue weighted by Crippen LogP contribution is -2.57. The first-order valence-corrected chi connectivity index (χ1v) is 12.8. The van der Waals surface area contributed by atoms with Gasteiger partial charge in [-0.25, -0.2) is 9.59 Å². The number of aliphatic carboxylic acids is 1. The van der Waals surface area contributed by atoms with E-state index in [4.69, 9.17) is 4.74 Å². The van der Waals surface area contributed by atoms with Gasteiger partial charge >= 0.3 is 11.9 Å². The summed E-state index contributed by atoms with van der Waals surface area (Å²) >= 11 is 0. The number of nitrogens with zero attached hydrogens (tertiary/aromatic N) is 1. The number of cyclic esters (lactones) is 1. The molecule has 2 unspecified atom stereocenters. The monoisotopic (exact) mass is 507 g/mol. The van der Waals surface area contributed by atoms with Crippen molar-refractivity contribution in [1.82, 2.24) is 0 Å². The molecule has 0 spiro atoms. The van der Waals surface area contributed by atoms with Crippen LogP contribution >= 0.6 is 0 Å². The van der Waals surface area contributed by atoms with Crippen molar-refractivity contribution in [3.63, 3.8) is 0 Å².